The second-order valence-corrected chi connectivity index (χ2v) is 6.47. The molecule has 1 amide bonds. The highest BCUT2D eigenvalue weighted by Crippen LogP contribution is 2.21. The summed E-state index contributed by atoms with van der Waals surface area (Å²) in [5.74, 6) is -1.28. The second-order valence-electron chi connectivity index (χ2n) is 4.18. The van der Waals surface area contributed by atoms with E-state index < -0.39 is 40.4 Å². The van der Waals surface area contributed by atoms with Crippen LogP contribution in [0, 0.1) is 0 Å². The Balaban J connectivity index is 2.60. The fraction of sp³-hybridized carbons (Fsp3) is 0.667. The van der Waals surface area contributed by atoms with Crippen LogP contribution in [0.3, 0.4) is 0 Å². The van der Waals surface area contributed by atoms with Crippen molar-refractivity contribution >= 4 is 27.5 Å². The first-order valence-electron chi connectivity index (χ1n) is 5.16. The topological polar surface area (TPSA) is 66.5 Å². The predicted octanol–water partition coefficient (Wildman–Crippen LogP) is 0.821. The lowest BCUT2D eigenvalue weighted by molar-refractivity contribution is -0.157. The number of carbonyl (C=O) groups is 1. The first kappa shape index (κ1) is 16.3. The fourth-order valence-electron chi connectivity index (χ4n) is 1.72. The number of amides is 1. The van der Waals surface area contributed by atoms with Crippen LogP contribution in [0.25, 0.3) is 0 Å². The van der Waals surface area contributed by atoms with Gasteiger partial charge in [0.1, 0.15) is 6.54 Å². The molecule has 0 unspecified atom stereocenters. The number of likely N-dealkylation sites (tertiary alicyclic amines) is 1. The molecule has 0 saturated carbocycles. The highest BCUT2D eigenvalue weighted by Gasteiger charge is 2.39. The van der Waals surface area contributed by atoms with Gasteiger partial charge in [-0.15, -0.1) is 0 Å². The normalized spacial score (nSPS) is 20.9. The summed E-state index contributed by atoms with van der Waals surface area (Å²) in [6.45, 7) is 1.52. The molecule has 1 heterocycles. The van der Waals surface area contributed by atoms with Crippen molar-refractivity contribution < 1.29 is 26.4 Å². The van der Waals surface area contributed by atoms with Gasteiger partial charge in [-0.1, -0.05) is 18.2 Å². The Morgan fingerprint density at radius 1 is 1.53 bits per heavy atom. The summed E-state index contributed by atoms with van der Waals surface area (Å²) in [6, 6.07) is -0.879. The van der Waals surface area contributed by atoms with Gasteiger partial charge in [0.15, 0.2) is 0 Å². The first-order valence-corrected chi connectivity index (χ1v) is 7.19. The Morgan fingerprint density at radius 2 is 2.11 bits per heavy atom. The van der Waals surface area contributed by atoms with E-state index in [-0.39, 0.29) is 18.0 Å². The molecule has 19 heavy (non-hydrogen) atoms. The Morgan fingerprint density at radius 3 is 2.58 bits per heavy atom. The number of nitrogens with one attached hydrogen (secondary N) is 1. The third kappa shape index (κ3) is 5.79. The zero-order valence-corrected chi connectivity index (χ0v) is 11.3. The van der Waals surface area contributed by atoms with E-state index in [1.165, 1.54) is 0 Å². The molecule has 1 rings (SSSR count). The van der Waals surface area contributed by atoms with Gasteiger partial charge in [0.05, 0.1) is 5.75 Å². The summed E-state index contributed by atoms with van der Waals surface area (Å²) in [4.78, 5) is 11.9. The Kier molecular flexibility index (Phi) is 4.86. The number of nitrogens with zero attached hydrogens (tertiary/aromatic N) is 1. The van der Waals surface area contributed by atoms with E-state index in [1.54, 1.807) is 0 Å². The summed E-state index contributed by atoms with van der Waals surface area (Å²) in [5, 5.41) is -0.121. The lowest BCUT2D eigenvalue weighted by Crippen LogP contribution is -2.40. The van der Waals surface area contributed by atoms with Crippen LogP contribution >= 0.6 is 11.6 Å². The number of halogens is 4. The molecule has 1 saturated heterocycles. The molecule has 0 radical (unpaired) electrons. The molecule has 0 spiro atoms. The third-order valence-electron chi connectivity index (χ3n) is 2.28. The molecule has 5 nitrogen and oxygen atoms in total. The van der Waals surface area contributed by atoms with E-state index in [2.05, 4.69) is 11.3 Å². The number of carbonyl (C=O) groups excluding carboxylic acids is 1. The van der Waals surface area contributed by atoms with Crippen molar-refractivity contribution in [2.75, 3.05) is 18.8 Å². The molecule has 0 aromatic heterocycles. The monoisotopic (exact) mass is 320 g/mol. The van der Waals surface area contributed by atoms with Crippen molar-refractivity contribution in [2.45, 2.75) is 18.6 Å². The van der Waals surface area contributed by atoms with Crippen LogP contribution < -0.4 is 4.72 Å². The minimum atomic E-state index is -4.51. The maximum Gasteiger partial charge on any atom is 0.406 e. The van der Waals surface area contributed by atoms with Gasteiger partial charge in [0.2, 0.25) is 15.9 Å². The van der Waals surface area contributed by atoms with Crippen molar-refractivity contribution in [3.8, 4) is 0 Å². The number of alkyl halides is 3. The summed E-state index contributed by atoms with van der Waals surface area (Å²) < 4.78 is 61.6. The molecular formula is C9H12ClF3N2O3S. The molecule has 0 aromatic carbocycles. The second kappa shape index (κ2) is 5.68. The zero-order chi connectivity index (χ0) is 14.8. The van der Waals surface area contributed by atoms with Gasteiger partial charge >= 0.3 is 6.18 Å². The molecule has 1 fully saturated rings. The van der Waals surface area contributed by atoms with Crippen molar-refractivity contribution in [1.29, 1.82) is 0 Å². The Labute approximate surface area is 113 Å². The SMILES string of the molecule is C=C(Cl)CS(=O)(=O)N[C@@H]1CC(=O)N(CC(F)(F)F)C1. The molecule has 0 aromatic rings. The van der Waals surface area contributed by atoms with Gasteiger partial charge in [0, 0.05) is 24.0 Å². The lowest BCUT2D eigenvalue weighted by Gasteiger charge is -2.18. The van der Waals surface area contributed by atoms with Crippen molar-refractivity contribution in [1.82, 2.24) is 9.62 Å². The molecule has 1 atom stereocenters. The van der Waals surface area contributed by atoms with Crippen molar-refractivity contribution in [3.05, 3.63) is 11.6 Å². The van der Waals surface area contributed by atoms with Gasteiger partial charge in [-0.25, -0.2) is 13.1 Å². The van der Waals surface area contributed by atoms with Gasteiger partial charge in [0.25, 0.3) is 0 Å². The average Bonchev–Trinajstić information content (AvgIpc) is 2.39. The number of rotatable bonds is 5. The summed E-state index contributed by atoms with van der Waals surface area (Å²) >= 11 is 5.35. The van der Waals surface area contributed by atoms with Crippen LogP contribution in [0.1, 0.15) is 6.42 Å². The molecule has 1 N–H and O–H groups in total. The van der Waals surface area contributed by atoms with Crippen LogP contribution in [-0.4, -0.2) is 50.3 Å². The smallest absolute Gasteiger partial charge is 0.332 e. The molecule has 0 bridgehead atoms. The number of sulfonamides is 1. The average molecular weight is 321 g/mol. The predicted molar refractivity (Wildman–Crippen MR) is 63.0 cm³/mol. The van der Waals surface area contributed by atoms with E-state index in [1.807, 2.05) is 0 Å². The first-order chi connectivity index (χ1) is 8.48. The molecule has 1 aliphatic rings. The molecule has 1 aliphatic heterocycles. The van der Waals surface area contributed by atoms with Gasteiger partial charge in [-0.3, -0.25) is 4.79 Å². The summed E-state index contributed by atoms with van der Waals surface area (Å²) in [7, 11) is -3.80. The number of hydrogen-bond acceptors (Lipinski definition) is 3. The van der Waals surface area contributed by atoms with Crippen LogP contribution in [0.5, 0.6) is 0 Å². The van der Waals surface area contributed by atoms with E-state index in [0.29, 0.717) is 4.90 Å². The quantitative estimate of drug-likeness (QED) is 0.815. The van der Waals surface area contributed by atoms with Crippen molar-refractivity contribution in [3.63, 3.8) is 0 Å². The van der Waals surface area contributed by atoms with Crippen molar-refractivity contribution in [2.24, 2.45) is 0 Å². The Bertz CT molecular complexity index is 478. The molecule has 10 heteroatoms. The minimum absolute atomic E-state index is 0.121. The maximum absolute atomic E-state index is 12.2. The largest absolute Gasteiger partial charge is 0.406 e. The zero-order valence-electron chi connectivity index (χ0n) is 9.70. The molecule has 0 aliphatic carbocycles. The van der Waals surface area contributed by atoms with Crippen LogP contribution in [0.2, 0.25) is 0 Å². The third-order valence-corrected chi connectivity index (χ3v) is 3.99. The number of hydrogen-bond donors (Lipinski definition) is 1. The maximum atomic E-state index is 12.2. The molecule has 110 valence electrons. The highest BCUT2D eigenvalue weighted by molar-refractivity contribution is 7.89. The van der Waals surface area contributed by atoms with Gasteiger partial charge in [-0.2, -0.15) is 13.2 Å². The van der Waals surface area contributed by atoms with E-state index in [9.17, 15) is 26.4 Å². The fourth-order valence-corrected chi connectivity index (χ4v) is 3.31. The summed E-state index contributed by atoms with van der Waals surface area (Å²) in [6.07, 6.45) is -4.81. The van der Waals surface area contributed by atoms with Gasteiger partial charge in [-0.05, 0) is 0 Å². The summed E-state index contributed by atoms with van der Waals surface area (Å²) in [5.41, 5.74) is 0. The minimum Gasteiger partial charge on any atom is -0.332 e. The standard InChI is InChI=1S/C9H12ClF3N2O3S/c1-6(10)4-19(17,18)14-7-2-8(16)15(3-7)5-9(11,12)13/h7,14H,1-5H2/t7-/m1/s1. The van der Waals surface area contributed by atoms with Crippen LogP contribution in [-0.2, 0) is 14.8 Å². The van der Waals surface area contributed by atoms with Crippen LogP contribution in [0.4, 0.5) is 13.2 Å². The van der Waals surface area contributed by atoms with Gasteiger partial charge < -0.3 is 4.90 Å². The Hall–Kier alpha value is -0.800. The van der Waals surface area contributed by atoms with Crippen LogP contribution in [0.15, 0.2) is 11.6 Å². The van der Waals surface area contributed by atoms with E-state index in [4.69, 9.17) is 11.6 Å². The molecular weight excluding hydrogens is 309 g/mol. The van der Waals surface area contributed by atoms with E-state index >= 15 is 0 Å². The van der Waals surface area contributed by atoms with E-state index in [0.717, 1.165) is 0 Å². The highest BCUT2D eigenvalue weighted by atomic mass is 35.5. The lowest BCUT2D eigenvalue weighted by atomic mass is 10.3.